The van der Waals surface area contributed by atoms with E-state index in [1.807, 2.05) is 0 Å². The first kappa shape index (κ1) is 19.1. The van der Waals surface area contributed by atoms with Crippen LogP contribution in [0.25, 0.3) is 0 Å². The van der Waals surface area contributed by atoms with Gasteiger partial charge in [-0.15, -0.1) is 0 Å². The lowest BCUT2D eigenvalue weighted by molar-refractivity contribution is 0.0679. The number of carbonyl (C=O) groups is 1. The maximum absolute atomic E-state index is 13.0. The van der Waals surface area contributed by atoms with Gasteiger partial charge in [-0.25, -0.2) is 8.42 Å². The zero-order valence-corrected chi connectivity index (χ0v) is 16.1. The molecule has 2 heterocycles. The van der Waals surface area contributed by atoms with E-state index in [2.05, 4.69) is 6.92 Å². The maximum atomic E-state index is 13.0. The summed E-state index contributed by atoms with van der Waals surface area (Å²) in [7, 11) is -2.17. The fraction of sp³-hybridized carbons (Fsp3) is 0.611. The van der Waals surface area contributed by atoms with Crippen molar-refractivity contribution in [2.45, 2.75) is 24.7 Å². The summed E-state index contributed by atoms with van der Waals surface area (Å²) in [5.74, 6) is 0.667. The van der Waals surface area contributed by atoms with Gasteiger partial charge in [0.25, 0.3) is 5.91 Å². The fourth-order valence-corrected chi connectivity index (χ4v) is 4.93. The highest BCUT2D eigenvalue weighted by molar-refractivity contribution is 7.89. The van der Waals surface area contributed by atoms with Gasteiger partial charge in [-0.3, -0.25) is 4.79 Å². The maximum Gasteiger partial charge on any atom is 0.257 e. The summed E-state index contributed by atoms with van der Waals surface area (Å²) in [5.41, 5.74) is 0.302. The number of hydrogen-bond acceptors (Lipinski definition) is 5. The quantitative estimate of drug-likeness (QED) is 0.790. The van der Waals surface area contributed by atoms with Gasteiger partial charge in [0.15, 0.2) is 0 Å². The van der Waals surface area contributed by atoms with Crippen LogP contribution in [0.3, 0.4) is 0 Å². The first-order chi connectivity index (χ1) is 12.4. The molecule has 1 atom stereocenters. The number of methoxy groups -OCH3 is 1. The highest BCUT2D eigenvalue weighted by Crippen LogP contribution is 2.28. The topological polar surface area (TPSA) is 76.1 Å². The van der Waals surface area contributed by atoms with Gasteiger partial charge < -0.3 is 14.4 Å². The molecule has 0 unspecified atom stereocenters. The van der Waals surface area contributed by atoms with Crippen LogP contribution in [0.2, 0.25) is 0 Å². The summed E-state index contributed by atoms with van der Waals surface area (Å²) in [5, 5.41) is 0. The molecule has 144 valence electrons. The largest absolute Gasteiger partial charge is 0.496 e. The minimum Gasteiger partial charge on any atom is -0.496 e. The van der Waals surface area contributed by atoms with Crippen LogP contribution in [0.1, 0.15) is 30.1 Å². The van der Waals surface area contributed by atoms with Crippen LogP contribution >= 0.6 is 0 Å². The van der Waals surface area contributed by atoms with Gasteiger partial charge in [-0.2, -0.15) is 4.31 Å². The van der Waals surface area contributed by atoms with Gasteiger partial charge in [0.2, 0.25) is 10.0 Å². The van der Waals surface area contributed by atoms with E-state index >= 15 is 0 Å². The van der Waals surface area contributed by atoms with Crippen LogP contribution in [-0.2, 0) is 14.8 Å². The molecule has 0 bridgehead atoms. The smallest absolute Gasteiger partial charge is 0.257 e. The Morgan fingerprint density at radius 2 is 1.96 bits per heavy atom. The lowest BCUT2D eigenvalue weighted by Crippen LogP contribution is -2.41. The van der Waals surface area contributed by atoms with Crippen molar-refractivity contribution in [2.75, 3.05) is 46.5 Å². The Bertz CT molecular complexity index is 759. The van der Waals surface area contributed by atoms with Crippen LogP contribution in [-0.4, -0.2) is 70.0 Å². The van der Waals surface area contributed by atoms with Gasteiger partial charge in [0, 0.05) is 26.2 Å². The van der Waals surface area contributed by atoms with Crippen LogP contribution in [0, 0.1) is 5.92 Å². The molecule has 2 fully saturated rings. The van der Waals surface area contributed by atoms with Crippen molar-refractivity contribution >= 4 is 15.9 Å². The summed E-state index contributed by atoms with van der Waals surface area (Å²) in [6.45, 7) is 4.90. The Kier molecular flexibility index (Phi) is 5.84. The number of hydrogen-bond donors (Lipinski definition) is 0. The minimum atomic E-state index is -3.66. The minimum absolute atomic E-state index is 0.119. The van der Waals surface area contributed by atoms with E-state index in [0.717, 1.165) is 12.8 Å². The summed E-state index contributed by atoms with van der Waals surface area (Å²) < 4.78 is 37.7. The Morgan fingerprint density at radius 3 is 2.62 bits per heavy atom. The van der Waals surface area contributed by atoms with Crippen molar-refractivity contribution in [3.05, 3.63) is 23.8 Å². The normalized spacial score (nSPS) is 22.2. The molecule has 0 radical (unpaired) electrons. The van der Waals surface area contributed by atoms with E-state index in [1.165, 1.54) is 23.5 Å². The first-order valence-corrected chi connectivity index (χ1v) is 10.4. The average molecular weight is 382 g/mol. The molecule has 7 nitrogen and oxygen atoms in total. The van der Waals surface area contributed by atoms with Crippen LogP contribution < -0.4 is 4.74 Å². The van der Waals surface area contributed by atoms with E-state index in [-0.39, 0.29) is 10.8 Å². The van der Waals surface area contributed by atoms with E-state index in [9.17, 15) is 13.2 Å². The molecule has 0 aromatic heterocycles. The van der Waals surface area contributed by atoms with Gasteiger partial charge in [0.05, 0.1) is 30.8 Å². The Hall–Kier alpha value is -1.64. The number of amides is 1. The summed E-state index contributed by atoms with van der Waals surface area (Å²) in [6.07, 6.45) is 2.06. The molecule has 0 N–H and O–H groups in total. The van der Waals surface area contributed by atoms with Crippen molar-refractivity contribution in [2.24, 2.45) is 5.92 Å². The first-order valence-electron chi connectivity index (χ1n) is 8.98. The van der Waals surface area contributed by atoms with Gasteiger partial charge in [-0.1, -0.05) is 6.92 Å². The monoisotopic (exact) mass is 382 g/mol. The van der Waals surface area contributed by atoms with E-state index < -0.39 is 10.0 Å². The van der Waals surface area contributed by atoms with Crippen molar-refractivity contribution in [3.63, 3.8) is 0 Å². The molecule has 8 heteroatoms. The molecular weight excluding hydrogens is 356 g/mol. The van der Waals surface area contributed by atoms with Crippen molar-refractivity contribution in [1.29, 1.82) is 0 Å². The highest BCUT2D eigenvalue weighted by Gasteiger charge is 2.30. The number of nitrogens with zero attached hydrogens (tertiary/aromatic N) is 2. The van der Waals surface area contributed by atoms with Crippen molar-refractivity contribution in [3.8, 4) is 5.75 Å². The van der Waals surface area contributed by atoms with E-state index in [1.54, 1.807) is 11.0 Å². The second-order valence-electron chi connectivity index (χ2n) is 6.88. The lowest BCUT2D eigenvalue weighted by atomic mass is 9.99. The van der Waals surface area contributed by atoms with Crippen molar-refractivity contribution < 1.29 is 22.7 Å². The molecule has 0 spiro atoms. The number of ether oxygens (including phenoxy) is 2. The zero-order chi connectivity index (χ0) is 18.7. The van der Waals surface area contributed by atoms with Crippen LogP contribution in [0.15, 0.2) is 23.1 Å². The number of benzene rings is 1. The standard InChI is InChI=1S/C18H26N2O5S/c1-14-4-3-7-19(13-14)18(21)16-12-15(5-6-17(16)24-2)26(22,23)20-8-10-25-11-9-20/h5-6,12,14H,3-4,7-11,13H2,1-2H3/t14-/m1/s1. The van der Waals surface area contributed by atoms with E-state index in [4.69, 9.17) is 9.47 Å². The molecule has 2 saturated heterocycles. The van der Waals surface area contributed by atoms with Gasteiger partial charge in [0.1, 0.15) is 5.75 Å². The van der Waals surface area contributed by atoms with Gasteiger partial charge >= 0.3 is 0 Å². The summed E-state index contributed by atoms with van der Waals surface area (Å²) in [4.78, 5) is 14.9. The Balaban J connectivity index is 1.92. The van der Waals surface area contributed by atoms with E-state index in [0.29, 0.717) is 56.6 Å². The molecule has 1 amide bonds. The number of morpholine rings is 1. The predicted octanol–water partition coefficient (Wildman–Crippen LogP) is 1.59. The summed E-state index contributed by atoms with van der Waals surface area (Å²) >= 11 is 0. The number of piperidine rings is 1. The third-order valence-corrected chi connectivity index (χ3v) is 6.85. The van der Waals surface area contributed by atoms with Crippen LogP contribution in [0.5, 0.6) is 5.75 Å². The SMILES string of the molecule is COc1ccc(S(=O)(=O)N2CCOCC2)cc1C(=O)N1CCC[C@@H](C)C1. The number of carbonyl (C=O) groups excluding carboxylic acids is 1. The molecule has 1 aromatic carbocycles. The third kappa shape index (κ3) is 3.87. The molecule has 26 heavy (non-hydrogen) atoms. The molecule has 0 saturated carbocycles. The Morgan fingerprint density at radius 1 is 1.23 bits per heavy atom. The number of sulfonamides is 1. The fourth-order valence-electron chi connectivity index (χ4n) is 3.49. The third-order valence-electron chi connectivity index (χ3n) is 4.95. The second-order valence-corrected chi connectivity index (χ2v) is 8.82. The number of rotatable bonds is 4. The predicted molar refractivity (Wildman–Crippen MR) is 96.9 cm³/mol. The molecular formula is C18H26N2O5S. The Labute approximate surface area is 154 Å². The molecule has 1 aromatic rings. The zero-order valence-electron chi connectivity index (χ0n) is 15.3. The number of likely N-dealkylation sites (tertiary alicyclic amines) is 1. The van der Waals surface area contributed by atoms with Crippen LogP contribution in [0.4, 0.5) is 0 Å². The van der Waals surface area contributed by atoms with Gasteiger partial charge in [-0.05, 0) is 37.0 Å². The van der Waals surface area contributed by atoms with Crippen molar-refractivity contribution in [1.82, 2.24) is 9.21 Å². The highest BCUT2D eigenvalue weighted by atomic mass is 32.2. The summed E-state index contributed by atoms with van der Waals surface area (Å²) in [6, 6.07) is 4.51. The molecule has 0 aliphatic carbocycles. The second kappa shape index (κ2) is 7.94. The lowest BCUT2D eigenvalue weighted by Gasteiger charge is -2.31. The molecule has 2 aliphatic heterocycles. The average Bonchev–Trinajstić information content (AvgIpc) is 2.67. The molecule has 2 aliphatic rings. The molecule has 3 rings (SSSR count).